The van der Waals surface area contributed by atoms with E-state index in [-0.39, 0.29) is 12.1 Å². The Kier molecular flexibility index (Phi) is 4.42. The summed E-state index contributed by atoms with van der Waals surface area (Å²) in [6.07, 6.45) is -0.0734. The number of nitrogens with zero attached hydrogens (tertiary/aromatic N) is 2. The molecule has 0 spiro atoms. The summed E-state index contributed by atoms with van der Waals surface area (Å²) in [5.41, 5.74) is -0.488. The zero-order valence-corrected chi connectivity index (χ0v) is 9.50. The molecule has 0 unspecified atom stereocenters. The molecule has 0 rings (SSSR count). The number of hydrogen-bond acceptors (Lipinski definition) is 3. The van der Waals surface area contributed by atoms with Crippen molar-refractivity contribution in [3.05, 3.63) is 0 Å². The normalized spacial score (nSPS) is 12.9. The highest BCUT2D eigenvalue weighted by Crippen LogP contribution is 2.11. The summed E-state index contributed by atoms with van der Waals surface area (Å²) in [5, 5.41) is 8.47. The minimum atomic E-state index is -0.488. The van der Waals surface area contributed by atoms with Crippen molar-refractivity contribution < 1.29 is 9.53 Å². The number of nitriles is 1. The van der Waals surface area contributed by atoms with Crippen molar-refractivity contribution in [3.63, 3.8) is 0 Å². The van der Waals surface area contributed by atoms with Crippen LogP contribution in [-0.4, -0.2) is 29.7 Å². The van der Waals surface area contributed by atoms with Crippen LogP contribution in [0.5, 0.6) is 0 Å². The van der Waals surface area contributed by atoms with E-state index in [1.807, 2.05) is 33.8 Å². The molecule has 0 saturated heterocycles. The third kappa shape index (κ3) is 4.70. The van der Waals surface area contributed by atoms with Crippen LogP contribution in [0.2, 0.25) is 0 Å². The first-order valence-corrected chi connectivity index (χ1v) is 4.60. The lowest BCUT2D eigenvalue weighted by atomic mass is 10.2. The minimum Gasteiger partial charge on any atom is -0.444 e. The first-order chi connectivity index (χ1) is 6.28. The monoisotopic (exact) mass is 198 g/mol. The van der Waals surface area contributed by atoms with Crippen molar-refractivity contribution in [2.45, 2.75) is 45.8 Å². The van der Waals surface area contributed by atoms with E-state index in [9.17, 15) is 4.79 Å². The van der Waals surface area contributed by atoms with Gasteiger partial charge >= 0.3 is 6.09 Å². The van der Waals surface area contributed by atoms with Gasteiger partial charge in [0.1, 0.15) is 5.60 Å². The summed E-state index contributed by atoms with van der Waals surface area (Å²) in [4.78, 5) is 12.9. The molecule has 1 atom stereocenters. The van der Waals surface area contributed by atoms with Gasteiger partial charge in [-0.3, -0.25) is 0 Å². The van der Waals surface area contributed by atoms with Crippen molar-refractivity contribution in [3.8, 4) is 6.07 Å². The molecule has 4 heteroatoms. The summed E-state index contributed by atoms with van der Waals surface area (Å²) in [6, 6.07) is 1.90. The fraction of sp³-hybridized carbons (Fsp3) is 0.800. The molecule has 0 fully saturated rings. The molecule has 1 amide bonds. The van der Waals surface area contributed by atoms with Gasteiger partial charge < -0.3 is 9.64 Å². The van der Waals surface area contributed by atoms with Gasteiger partial charge in [0.05, 0.1) is 12.5 Å². The molecule has 80 valence electrons. The van der Waals surface area contributed by atoms with Gasteiger partial charge in [-0.25, -0.2) is 4.79 Å². The summed E-state index contributed by atoms with van der Waals surface area (Å²) in [5.74, 6) is 0. The van der Waals surface area contributed by atoms with Gasteiger partial charge in [0.25, 0.3) is 0 Å². The lowest BCUT2D eigenvalue weighted by Crippen LogP contribution is -2.39. The van der Waals surface area contributed by atoms with E-state index in [4.69, 9.17) is 10.00 Å². The maximum atomic E-state index is 11.5. The molecule has 0 aliphatic rings. The Morgan fingerprint density at radius 1 is 1.57 bits per heavy atom. The molecule has 0 aromatic rings. The molecular weight excluding hydrogens is 180 g/mol. The topological polar surface area (TPSA) is 53.3 Å². The fourth-order valence-electron chi connectivity index (χ4n) is 0.783. The number of hydrogen-bond donors (Lipinski definition) is 0. The van der Waals surface area contributed by atoms with E-state index in [2.05, 4.69) is 0 Å². The summed E-state index contributed by atoms with van der Waals surface area (Å²) >= 11 is 0. The van der Waals surface area contributed by atoms with Crippen LogP contribution in [0.4, 0.5) is 4.79 Å². The number of carbonyl (C=O) groups excluding carboxylic acids is 1. The summed E-state index contributed by atoms with van der Waals surface area (Å²) < 4.78 is 5.14. The average Bonchev–Trinajstić information content (AvgIpc) is 2.00. The maximum absolute atomic E-state index is 11.5. The van der Waals surface area contributed by atoms with Crippen LogP contribution in [-0.2, 0) is 4.74 Å². The first kappa shape index (κ1) is 12.8. The van der Waals surface area contributed by atoms with Gasteiger partial charge in [0, 0.05) is 13.1 Å². The van der Waals surface area contributed by atoms with Gasteiger partial charge in [-0.1, -0.05) is 0 Å². The van der Waals surface area contributed by atoms with Crippen molar-refractivity contribution in [1.82, 2.24) is 4.90 Å². The second-order valence-electron chi connectivity index (χ2n) is 4.30. The molecule has 0 N–H and O–H groups in total. The minimum absolute atomic E-state index is 0.116. The van der Waals surface area contributed by atoms with E-state index in [0.717, 1.165) is 0 Å². The van der Waals surface area contributed by atoms with Gasteiger partial charge in [-0.05, 0) is 27.7 Å². The van der Waals surface area contributed by atoms with Crippen LogP contribution in [0.15, 0.2) is 0 Å². The molecule has 0 aliphatic carbocycles. The Bertz CT molecular complexity index is 237. The fourth-order valence-corrected chi connectivity index (χ4v) is 0.783. The second-order valence-corrected chi connectivity index (χ2v) is 4.30. The van der Waals surface area contributed by atoms with E-state index < -0.39 is 5.60 Å². The first-order valence-electron chi connectivity index (χ1n) is 4.60. The lowest BCUT2D eigenvalue weighted by Gasteiger charge is -2.27. The van der Waals surface area contributed by atoms with Gasteiger partial charge in [-0.15, -0.1) is 0 Å². The van der Waals surface area contributed by atoms with Gasteiger partial charge in [0.2, 0.25) is 0 Å². The molecule has 0 saturated carbocycles. The van der Waals surface area contributed by atoms with Crippen molar-refractivity contribution in [2.24, 2.45) is 0 Å². The number of amides is 1. The van der Waals surface area contributed by atoms with Crippen LogP contribution in [0.3, 0.4) is 0 Å². The number of ether oxygens (including phenoxy) is 1. The number of carbonyl (C=O) groups is 1. The van der Waals surface area contributed by atoms with Crippen molar-refractivity contribution in [2.75, 3.05) is 7.05 Å². The highest BCUT2D eigenvalue weighted by Gasteiger charge is 2.22. The Labute approximate surface area is 85.5 Å². The van der Waals surface area contributed by atoms with Crippen LogP contribution in [0.1, 0.15) is 34.1 Å². The second kappa shape index (κ2) is 4.85. The highest BCUT2D eigenvalue weighted by molar-refractivity contribution is 5.68. The van der Waals surface area contributed by atoms with Crippen molar-refractivity contribution >= 4 is 6.09 Å². The predicted octanol–water partition coefficient (Wildman–Crippen LogP) is 2.16. The molecule has 0 bridgehead atoms. The van der Waals surface area contributed by atoms with E-state index in [1.165, 1.54) is 4.90 Å². The molecular formula is C10H18N2O2. The van der Waals surface area contributed by atoms with Crippen LogP contribution >= 0.6 is 0 Å². The summed E-state index contributed by atoms with van der Waals surface area (Å²) in [7, 11) is 1.64. The molecule has 0 radical (unpaired) electrons. The van der Waals surface area contributed by atoms with Gasteiger partial charge in [-0.2, -0.15) is 5.26 Å². The molecule has 0 aliphatic heterocycles. The van der Waals surface area contributed by atoms with Gasteiger partial charge in [0.15, 0.2) is 0 Å². The zero-order chi connectivity index (χ0) is 11.4. The average molecular weight is 198 g/mol. The third-order valence-corrected chi connectivity index (χ3v) is 1.73. The smallest absolute Gasteiger partial charge is 0.410 e. The van der Waals surface area contributed by atoms with Crippen molar-refractivity contribution in [1.29, 1.82) is 5.26 Å². The Hall–Kier alpha value is -1.24. The predicted molar refractivity (Wildman–Crippen MR) is 53.7 cm³/mol. The van der Waals surface area contributed by atoms with E-state index in [1.54, 1.807) is 7.05 Å². The standard InChI is InChI=1S/C10H18N2O2/c1-8(6-7-11)12(5)9(13)14-10(2,3)4/h8H,6H2,1-5H3/t8-/m1/s1. The molecule has 0 aromatic heterocycles. The molecule has 0 heterocycles. The van der Waals surface area contributed by atoms with Crippen LogP contribution in [0.25, 0.3) is 0 Å². The molecule has 0 aromatic carbocycles. The largest absolute Gasteiger partial charge is 0.444 e. The van der Waals surface area contributed by atoms with Crippen LogP contribution in [0, 0.1) is 11.3 Å². The SMILES string of the molecule is C[C@H](CC#N)N(C)C(=O)OC(C)(C)C. The maximum Gasteiger partial charge on any atom is 0.410 e. The number of rotatable bonds is 2. The molecule has 14 heavy (non-hydrogen) atoms. The van der Waals surface area contributed by atoms with E-state index in [0.29, 0.717) is 6.42 Å². The van der Waals surface area contributed by atoms with E-state index >= 15 is 0 Å². The Morgan fingerprint density at radius 2 is 2.07 bits per heavy atom. The quantitative estimate of drug-likeness (QED) is 0.683. The lowest BCUT2D eigenvalue weighted by molar-refractivity contribution is 0.0239. The summed E-state index contributed by atoms with van der Waals surface area (Å²) in [6.45, 7) is 7.25. The Balaban J connectivity index is 4.20. The highest BCUT2D eigenvalue weighted by atomic mass is 16.6. The third-order valence-electron chi connectivity index (χ3n) is 1.73. The molecule has 4 nitrogen and oxygen atoms in total. The Morgan fingerprint density at radius 3 is 2.43 bits per heavy atom. The van der Waals surface area contributed by atoms with Crippen LogP contribution < -0.4 is 0 Å². The zero-order valence-electron chi connectivity index (χ0n) is 9.50.